The van der Waals surface area contributed by atoms with Gasteiger partial charge in [0, 0.05) is 17.1 Å². The molecule has 3 aromatic rings. The summed E-state index contributed by atoms with van der Waals surface area (Å²) in [6, 6.07) is 12.1. The van der Waals surface area contributed by atoms with Gasteiger partial charge >= 0.3 is 0 Å². The number of carbonyl (C=O) groups excluding carboxylic acids is 1. The molecule has 0 radical (unpaired) electrons. The van der Waals surface area contributed by atoms with Crippen molar-refractivity contribution in [3.8, 4) is 5.69 Å². The van der Waals surface area contributed by atoms with Gasteiger partial charge in [-0.15, -0.1) is 11.3 Å². The van der Waals surface area contributed by atoms with E-state index in [1.54, 1.807) is 29.5 Å². The van der Waals surface area contributed by atoms with E-state index < -0.39 is 5.91 Å². The van der Waals surface area contributed by atoms with Crippen LogP contribution in [0, 0.1) is 25.1 Å². The third kappa shape index (κ3) is 3.35. The van der Waals surface area contributed by atoms with Crippen LogP contribution in [0.5, 0.6) is 0 Å². The summed E-state index contributed by atoms with van der Waals surface area (Å²) in [5.41, 5.74) is 3.62. The molecule has 154 valence electrons. The zero-order valence-electron chi connectivity index (χ0n) is 16.6. The molecule has 5 rings (SSSR count). The molecule has 0 aliphatic carbocycles. The van der Waals surface area contributed by atoms with Crippen molar-refractivity contribution in [3.05, 3.63) is 81.1 Å². The smallest absolute Gasteiger partial charge is 0.283 e. The largest absolute Gasteiger partial charge is 0.318 e. The number of thioether (sulfide) groups is 1. The number of carbonyl (C=O) groups is 1. The van der Waals surface area contributed by atoms with Crippen molar-refractivity contribution in [1.29, 1.82) is 5.41 Å². The fourth-order valence-electron chi connectivity index (χ4n) is 3.57. The highest BCUT2D eigenvalue weighted by Crippen LogP contribution is 2.33. The van der Waals surface area contributed by atoms with Crippen molar-refractivity contribution in [2.75, 3.05) is 0 Å². The van der Waals surface area contributed by atoms with Gasteiger partial charge in [0.2, 0.25) is 5.17 Å². The number of hydrogen-bond acceptors (Lipinski definition) is 5. The first-order chi connectivity index (χ1) is 14.9. The van der Waals surface area contributed by atoms with Crippen LogP contribution in [0.4, 0.5) is 4.39 Å². The SMILES string of the molecule is Cc1cc(/C=C2\C(=N)N3N=C(c4cccs4)SC3=NC2=O)c(C)n1-c1ccc(F)cc1. The summed E-state index contributed by atoms with van der Waals surface area (Å²) < 4.78 is 15.3. The number of fused-ring (bicyclic) bond motifs is 1. The van der Waals surface area contributed by atoms with Gasteiger partial charge in [-0.1, -0.05) is 6.07 Å². The van der Waals surface area contributed by atoms with Crippen molar-refractivity contribution >= 4 is 51.1 Å². The van der Waals surface area contributed by atoms with Crippen molar-refractivity contribution < 1.29 is 9.18 Å². The molecule has 0 fully saturated rings. The zero-order valence-corrected chi connectivity index (χ0v) is 18.2. The lowest BCUT2D eigenvalue weighted by Gasteiger charge is -2.20. The lowest BCUT2D eigenvalue weighted by molar-refractivity contribution is -0.114. The Bertz CT molecular complexity index is 1320. The number of hydrazone groups is 1. The maximum atomic E-state index is 13.3. The van der Waals surface area contributed by atoms with Gasteiger partial charge in [-0.25, -0.2) is 4.39 Å². The summed E-state index contributed by atoms with van der Waals surface area (Å²) in [5, 5.41) is 17.6. The molecule has 0 spiro atoms. The van der Waals surface area contributed by atoms with Crippen LogP contribution in [0.15, 0.2) is 63.5 Å². The molecule has 1 amide bonds. The van der Waals surface area contributed by atoms with Gasteiger partial charge in [-0.05, 0) is 79.0 Å². The average molecular weight is 450 g/mol. The highest BCUT2D eigenvalue weighted by molar-refractivity contribution is 8.27. The third-order valence-electron chi connectivity index (χ3n) is 5.04. The van der Waals surface area contributed by atoms with Gasteiger partial charge < -0.3 is 4.57 Å². The minimum absolute atomic E-state index is 0.000594. The van der Waals surface area contributed by atoms with Crippen molar-refractivity contribution in [1.82, 2.24) is 9.58 Å². The molecule has 0 saturated heterocycles. The number of aromatic nitrogens is 1. The van der Waals surface area contributed by atoms with Gasteiger partial charge in [-0.3, -0.25) is 10.2 Å². The Kier molecular flexibility index (Phi) is 4.71. The first-order valence-corrected chi connectivity index (χ1v) is 11.1. The number of rotatable bonds is 3. The number of amidine groups is 2. The van der Waals surface area contributed by atoms with Crippen LogP contribution in [0.2, 0.25) is 0 Å². The van der Waals surface area contributed by atoms with Gasteiger partial charge in [0.15, 0.2) is 5.84 Å². The number of aliphatic imine (C=N–C) groups is 1. The average Bonchev–Trinajstić information content (AvgIpc) is 3.46. The lowest BCUT2D eigenvalue weighted by atomic mass is 10.1. The molecule has 2 aromatic heterocycles. The number of hydrogen-bond donors (Lipinski definition) is 1. The summed E-state index contributed by atoms with van der Waals surface area (Å²) in [5.74, 6) is -0.756. The predicted molar refractivity (Wildman–Crippen MR) is 124 cm³/mol. The number of nitrogens with one attached hydrogen (secondary N) is 1. The number of aryl methyl sites for hydroxylation is 1. The van der Waals surface area contributed by atoms with Gasteiger partial charge in [0.1, 0.15) is 10.9 Å². The molecule has 0 bridgehead atoms. The van der Waals surface area contributed by atoms with E-state index in [1.807, 2.05) is 42.0 Å². The van der Waals surface area contributed by atoms with E-state index in [0.29, 0.717) is 5.17 Å². The number of thiophene rings is 1. The molecule has 2 aliphatic rings. The molecule has 9 heteroatoms. The third-order valence-corrected chi connectivity index (χ3v) is 6.99. The molecule has 1 N–H and O–H groups in total. The quantitative estimate of drug-likeness (QED) is 0.574. The van der Waals surface area contributed by atoms with Gasteiger partial charge in [-0.2, -0.15) is 15.1 Å². The highest BCUT2D eigenvalue weighted by Gasteiger charge is 2.36. The van der Waals surface area contributed by atoms with Crippen LogP contribution in [0.3, 0.4) is 0 Å². The molecule has 2 aliphatic heterocycles. The predicted octanol–water partition coefficient (Wildman–Crippen LogP) is 4.96. The molecular weight excluding hydrogens is 433 g/mol. The second kappa shape index (κ2) is 7.44. The second-order valence-electron chi connectivity index (χ2n) is 7.04. The normalized spacial score (nSPS) is 17.3. The Morgan fingerprint density at radius 1 is 1.16 bits per heavy atom. The van der Waals surface area contributed by atoms with Crippen molar-refractivity contribution in [2.45, 2.75) is 13.8 Å². The zero-order chi connectivity index (χ0) is 21.7. The summed E-state index contributed by atoms with van der Waals surface area (Å²) in [6.07, 6.45) is 1.68. The van der Waals surface area contributed by atoms with Crippen molar-refractivity contribution in [2.24, 2.45) is 10.1 Å². The molecule has 0 unspecified atom stereocenters. The fourth-order valence-corrected chi connectivity index (χ4v) is 5.25. The van der Waals surface area contributed by atoms with Crippen LogP contribution >= 0.6 is 23.1 Å². The molecule has 6 nitrogen and oxygen atoms in total. The van der Waals surface area contributed by atoms with Crippen molar-refractivity contribution in [3.63, 3.8) is 0 Å². The van der Waals surface area contributed by atoms with Crippen LogP contribution in [0.25, 0.3) is 11.8 Å². The maximum absolute atomic E-state index is 13.3. The number of benzene rings is 1. The van der Waals surface area contributed by atoms with Gasteiger partial charge in [0.05, 0.1) is 10.5 Å². The molecule has 0 atom stereocenters. The summed E-state index contributed by atoms with van der Waals surface area (Å²) in [6.45, 7) is 3.87. The number of amides is 1. The molecule has 4 heterocycles. The topological polar surface area (TPSA) is 73.8 Å². The Morgan fingerprint density at radius 2 is 1.94 bits per heavy atom. The Labute approximate surface area is 185 Å². The second-order valence-corrected chi connectivity index (χ2v) is 8.94. The Balaban J connectivity index is 1.52. The first kappa shape index (κ1) is 19.7. The molecule has 0 saturated carbocycles. The van der Waals surface area contributed by atoms with Crippen LogP contribution < -0.4 is 0 Å². The summed E-state index contributed by atoms with van der Waals surface area (Å²) >= 11 is 2.84. The monoisotopic (exact) mass is 449 g/mol. The highest BCUT2D eigenvalue weighted by atomic mass is 32.2. The lowest BCUT2D eigenvalue weighted by Crippen LogP contribution is -2.35. The van der Waals surface area contributed by atoms with E-state index in [2.05, 4.69) is 10.1 Å². The summed E-state index contributed by atoms with van der Waals surface area (Å²) in [4.78, 5) is 17.8. The molecular formula is C22H16FN5OS2. The van der Waals surface area contributed by atoms with E-state index in [-0.39, 0.29) is 17.2 Å². The van der Waals surface area contributed by atoms with Crippen LogP contribution in [-0.2, 0) is 4.79 Å². The Morgan fingerprint density at radius 3 is 2.65 bits per heavy atom. The van der Waals surface area contributed by atoms with E-state index >= 15 is 0 Å². The number of nitrogens with zero attached hydrogens (tertiary/aromatic N) is 4. The van der Waals surface area contributed by atoms with Crippen LogP contribution in [-0.4, -0.2) is 31.5 Å². The minimum atomic E-state index is -0.460. The molecule has 1 aromatic carbocycles. The molecule has 31 heavy (non-hydrogen) atoms. The Hall–Kier alpha value is -3.30. The minimum Gasteiger partial charge on any atom is -0.318 e. The standard InChI is InChI=1S/C22H16FN5OS2/c1-12-10-14(13(2)27(12)16-7-5-15(23)6-8-16)11-17-19(24)28-22(25-20(17)29)31-21(26-28)18-4-3-9-30-18/h3-11,24H,1-2H3/b17-11+,24-19?. The van der Waals surface area contributed by atoms with E-state index in [0.717, 1.165) is 32.6 Å². The van der Waals surface area contributed by atoms with E-state index in [1.165, 1.54) is 28.9 Å². The van der Waals surface area contributed by atoms with Gasteiger partial charge in [0.25, 0.3) is 5.91 Å². The maximum Gasteiger partial charge on any atom is 0.283 e. The number of halogens is 1. The first-order valence-electron chi connectivity index (χ1n) is 9.41. The van der Waals surface area contributed by atoms with E-state index in [4.69, 9.17) is 5.41 Å². The summed E-state index contributed by atoms with van der Waals surface area (Å²) in [7, 11) is 0. The van der Waals surface area contributed by atoms with E-state index in [9.17, 15) is 9.18 Å². The van der Waals surface area contributed by atoms with Crippen LogP contribution in [0.1, 0.15) is 21.8 Å². The fraction of sp³-hybridized carbons (Fsp3) is 0.0909.